The van der Waals surface area contributed by atoms with Crippen molar-refractivity contribution >= 4 is 5.65 Å². The molecule has 6 heteroatoms. The number of fused-ring (bicyclic) bond motifs is 1. The molecule has 19 heavy (non-hydrogen) atoms. The fraction of sp³-hybridized carbons (Fsp3) is 0.231. The van der Waals surface area contributed by atoms with Crippen LogP contribution in [0.1, 0.15) is 25.3 Å². The number of tetrazole rings is 1. The largest absolute Gasteiger partial charge is 0.436 e. The molecule has 0 unspecified atom stereocenters. The van der Waals surface area contributed by atoms with Crippen LogP contribution in [-0.2, 0) is 0 Å². The molecule has 0 aliphatic heterocycles. The number of hydrogen-bond acceptors (Lipinski definition) is 5. The molecular weight excluding hydrogens is 242 g/mol. The van der Waals surface area contributed by atoms with Crippen molar-refractivity contribution in [2.24, 2.45) is 0 Å². The lowest BCUT2D eigenvalue weighted by Crippen LogP contribution is -1.95. The number of rotatable bonds is 3. The van der Waals surface area contributed by atoms with Crippen molar-refractivity contribution in [3.8, 4) is 11.6 Å². The van der Waals surface area contributed by atoms with Crippen LogP contribution in [0, 0.1) is 0 Å². The Hall–Kier alpha value is -2.50. The highest BCUT2D eigenvalue weighted by Crippen LogP contribution is 2.25. The summed E-state index contributed by atoms with van der Waals surface area (Å²) >= 11 is 0. The Kier molecular flexibility index (Phi) is 2.83. The first-order chi connectivity index (χ1) is 9.24. The van der Waals surface area contributed by atoms with E-state index in [9.17, 15) is 0 Å². The lowest BCUT2D eigenvalue weighted by Gasteiger charge is -2.08. The van der Waals surface area contributed by atoms with Crippen LogP contribution in [0.5, 0.6) is 11.6 Å². The van der Waals surface area contributed by atoms with E-state index in [2.05, 4.69) is 40.4 Å². The zero-order valence-electron chi connectivity index (χ0n) is 10.7. The van der Waals surface area contributed by atoms with Gasteiger partial charge in [0.05, 0.1) is 6.20 Å². The van der Waals surface area contributed by atoms with Gasteiger partial charge < -0.3 is 4.74 Å². The van der Waals surface area contributed by atoms with Gasteiger partial charge in [-0.15, -0.1) is 5.10 Å². The Balaban J connectivity index is 1.97. The van der Waals surface area contributed by atoms with Crippen molar-refractivity contribution in [2.75, 3.05) is 0 Å². The molecule has 3 aromatic rings. The molecule has 0 aliphatic rings. The standard InChI is InChI=1S/C13H13N5O/c1-9(2)10-4-3-5-11(8-10)19-13-12-15-16-17-18(12)7-6-14-13/h3-9H,1-2H3. The predicted octanol–water partition coefficient (Wildman–Crippen LogP) is 2.44. The third-order valence-corrected chi connectivity index (χ3v) is 2.82. The first-order valence-electron chi connectivity index (χ1n) is 6.04. The van der Waals surface area contributed by atoms with Gasteiger partial charge >= 0.3 is 0 Å². The summed E-state index contributed by atoms with van der Waals surface area (Å²) in [6, 6.07) is 7.93. The fourth-order valence-corrected chi connectivity index (χ4v) is 1.78. The number of nitrogens with zero attached hydrogens (tertiary/aromatic N) is 5. The maximum Gasteiger partial charge on any atom is 0.267 e. The summed E-state index contributed by atoms with van der Waals surface area (Å²) in [6.45, 7) is 4.28. The van der Waals surface area contributed by atoms with Gasteiger partial charge in [-0.2, -0.15) is 4.52 Å². The van der Waals surface area contributed by atoms with Crippen LogP contribution in [0.3, 0.4) is 0 Å². The minimum Gasteiger partial charge on any atom is -0.436 e. The maximum absolute atomic E-state index is 5.77. The van der Waals surface area contributed by atoms with Crippen LogP contribution in [0.25, 0.3) is 5.65 Å². The van der Waals surface area contributed by atoms with Crippen molar-refractivity contribution in [2.45, 2.75) is 19.8 Å². The summed E-state index contributed by atoms with van der Waals surface area (Å²) in [5, 5.41) is 11.3. The van der Waals surface area contributed by atoms with Gasteiger partial charge in [-0.3, -0.25) is 0 Å². The Labute approximate surface area is 110 Å². The molecule has 6 nitrogen and oxygen atoms in total. The van der Waals surface area contributed by atoms with Gasteiger partial charge in [0.15, 0.2) is 0 Å². The lowest BCUT2D eigenvalue weighted by atomic mass is 10.0. The summed E-state index contributed by atoms with van der Waals surface area (Å²) < 4.78 is 7.29. The third-order valence-electron chi connectivity index (χ3n) is 2.82. The first kappa shape index (κ1) is 11.6. The van der Waals surface area contributed by atoms with E-state index in [-0.39, 0.29) is 0 Å². The van der Waals surface area contributed by atoms with Gasteiger partial charge in [0.2, 0.25) is 5.65 Å². The van der Waals surface area contributed by atoms with E-state index in [0.717, 1.165) is 5.75 Å². The third kappa shape index (κ3) is 2.24. The van der Waals surface area contributed by atoms with Gasteiger partial charge in [0.25, 0.3) is 5.88 Å². The molecule has 0 fully saturated rings. The Bertz CT molecular complexity index is 707. The highest BCUT2D eigenvalue weighted by atomic mass is 16.5. The van der Waals surface area contributed by atoms with Crippen LogP contribution in [-0.4, -0.2) is 25.0 Å². The van der Waals surface area contributed by atoms with Crippen molar-refractivity contribution in [1.29, 1.82) is 0 Å². The van der Waals surface area contributed by atoms with Crippen LogP contribution < -0.4 is 4.74 Å². The first-order valence-corrected chi connectivity index (χ1v) is 6.04. The Morgan fingerprint density at radius 1 is 1.26 bits per heavy atom. The predicted molar refractivity (Wildman–Crippen MR) is 69.2 cm³/mol. The lowest BCUT2D eigenvalue weighted by molar-refractivity contribution is 0.463. The summed E-state index contributed by atoms with van der Waals surface area (Å²) in [7, 11) is 0. The molecule has 0 amide bonds. The second-order valence-electron chi connectivity index (χ2n) is 4.51. The maximum atomic E-state index is 5.77. The van der Waals surface area contributed by atoms with E-state index in [4.69, 9.17) is 4.74 Å². The van der Waals surface area contributed by atoms with Crippen LogP contribution >= 0.6 is 0 Å². The highest BCUT2D eigenvalue weighted by molar-refractivity contribution is 5.48. The minimum absolute atomic E-state index is 0.397. The normalized spacial score (nSPS) is 11.1. The molecule has 96 valence electrons. The molecule has 0 aliphatic carbocycles. The molecule has 0 N–H and O–H groups in total. The van der Waals surface area contributed by atoms with Gasteiger partial charge in [-0.1, -0.05) is 26.0 Å². The molecule has 2 aromatic heterocycles. The number of benzene rings is 1. The summed E-state index contributed by atoms with van der Waals surface area (Å²) in [6.07, 6.45) is 3.28. The van der Waals surface area contributed by atoms with Crippen LogP contribution in [0.4, 0.5) is 0 Å². The Morgan fingerprint density at radius 2 is 2.16 bits per heavy atom. The second kappa shape index (κ2) is 4.64. The van der Waals surface area contributed by atoms with Crippen LogP contribution in [0.2, 0.25) is 0 Å². The van der Waals surface area contributed by atoms with Crippen LogP contribution in [0.15, 0.2) is 36.7 Å². The molecule has 0 radical (unpaired) electrons. The monoisotopic (exact) mass is 255 g/mol. The van der Waals surface area contributed by atoms with Gasteiger partial charge in [-0.25, -0.2) is 4.98 Å². The molecule has 3 rings (SSSR count). The zero-order valence-corrected chi connectivity index (χ0v) is 10.7. The van der Waals surface area contributed by atoms with E-state index < -0.39 is 0 Å². The smallest absolute Gasteiger partial charge is 0.267 e. The van der Waals surface area contributed by atoms with Gasteiger partial charge in [0, 0.05) is 6.20 Å². The van der Waals surface area contributed by atoms with E-state index in [1.54, 1.807) is 12.4 Å². The van der Waals surface area contributed by atoms with Crippen molar-refractivity contribution < 1.29 is 4.74 Å². The summed E-state index contributed by atoms with van der Waals surface area (Å²) in [5.74, 6) is 1.57. The topological polar surface area (TPSA) is 65.2 Å². The van der Waals surface area contributed by atoms with Crippen molar-refractivity contribution in [3.63, 3.8) is 0 Å². The van der Waals surface area contributed by atoms with Gasteiger partial charge in [-0.05, 0) is 34.0 Å². The molecule has 0 atom stereocenters. The quantitative estimate of drug-likeness (QED) is 0.719. The van der Waals surface area contributed by atoms with Gasteiger partial charge in [0.1, 0.15) is 5.75 Å². The van der Waals surface area contributed by atoms with Crippen molar-refractivity contribution in [3.05, 3.63) is 42.2 Å². The number of aromatic nitrogens is 5. The van der Waals surface area contributed by atoms with E-state index in [1.165, 1.54) is 10.1 Å². The summed E-state index contributed by atoms with van der Waals surface area (Å²) in [5.41, 5.74) is 1.71. The second-order valence-corrected chi connectivity index (χ2v) is 4.51. The van der Waals surface area contributed by atoms with E-state index in [1.807, 2.05) is 18.2 Å². The fourth-order valence-electron chi connectivity index (χ4n) is 1.78. The Morgan fingerprint density at radius 3 is 3.00 bits per heavy atom. The highest BCUT2D eigenvalue weighted by Gasteiger charge is 2.09. The molecule has 2 heterocycles. The molecule has 0 spiro atoms. The van der Waals surface area contributed by atoms with E-state index >= 15 is 0 Å². The summed E-state index contributed by atoms with van der Waals surface area (Å²) in [4.78, 5) is 4.16. The average Bonchev–Trinajstić information content (AvgIpc) is 2.88. The SMILES string of the molecule is CC(C)c1cccc(Oc2nccn3nnnc23)c1. The molecule has 0 saturated carbocycles. The average molecular weight is 255 g/mol. The van der Waals surface area contributed by atoms with Crippen molar-refractivity contribution in [1.82, 2.24) is 25.0 Å². The number of hydrogen-bond donors (Lipinski definition) is 0. The molecule has 1 aromatic carbocycles. The number of ether oxygens (including phenoxy) is 1. The zero-order chi connectivity index (χ0) is 13.2. The minimum atomic E-state index is 0.397. The molecule has 0 bridgehead atoms. The molecule has 0 saturated heterocycles. The van der Waals surface area contributed by atoms with E-state index in [0.29, 0.717) is 17.4 Å². The molecular formula is C13H13N5O.